The average Bonchev–Trinajstić information content (AvgIpc) is 2.52. The lowest BCUT2D eigenvalue weighted by Gasteiger charge is -2.13. The zero-order chi connectivity index (χ0) is 15.1. The molecule has 1 atom stereocenters. The van der Waals surface area contributed by atoms with Gasteiger partial charge in [-0.3, -0.25) is 9.78 Å². The van der Waals surface area contributed by atoms with Gasteiger partial charge < -0.3 is 10.4 Å². The number of benzene rings is 1. The number of para-hydroxylation sites is 1. The van der Waals surface area contributed by atoms with Gasteiger partial charge in [0.2, 0.25) is 5.91 Å². The highest BCUT2D eigenvalue weighted by Gasteiger charge is 2.07. The van der Waals surface area contributed by atoms with Gasteiger partial charge in [0, 0.05) is 35.9 Å². The fourth-order valence-electron chi connectivity index (χ4n) is 2.21. The minimum absolute atomic E-state index is 0.0118. The first-order valence-electron chi connectivity index (χ1n) is 7.17. The summed E-state index contributed by atoms with van der Waals surface area (Å²) in [6, 6.07) is 9.77. The van der Waals surface area contributed by atoms with Crippen LogP contribution in [-0.2, 0) is 4.79 Å². The number of hydrogen-bond donors (Lipinski definition) is 2. The number of carbonyl (C=O) groups excluding carboxylic acids is 1. The second-order valence-corrected chi connectivity index (χ2v) is 4.88. The molecule has 0 aliphatic carbocycles. The summed E-state index contributed by atoms with van der Waals surface area (Å²) < 4.78 is 0. The van der Waals surface area contributed by atoms with Crippen LogP contribution < -0.4 is 5.32 Å². The van der Waals surface area contributed by atoms with E-state index in [-0.39, 0.29) is 18.6 Å². The molecule has 1 amide bonds. The number of fused-ring (bicyclic) bond motifs is 1. The molecule has 21 heavy (non-hydrogen) atoms. The summed E-state index contributed by atoms with van der Waals surface area (Å²) >= 11 is 0. The van der Waals surface area contributed by atoms with Gasteiger partial charge in [0.05, 0.1) is 5.52 Å². The maximum Gasteiger partial charge on any atom is 0.244 e. The molecule has 1 unspecified atom stereocenters. The van der Waals surface area contributed by atoms with Crippen LogP contribution in [-0.4, -0.2) is 28.6 Å². The van der Waals surface area contributed by atoms with Crippen LogP contribution in [0.2, 0.25) is 0 Å². The van der Waals surface area contributed by atoms with Crippen LogP contribution in [0.5, 0.6) is 0 Å². The van der Waals surface area contributed by atoms with Gasteiger partial charge >= 0.3 is 0 Å². The Bertz CT molecular complexity index is 632. The van der Waals surface area contributed by atoms with Crippen molar-refractivity contribution in [2.75, 3.05) is 6.61 Å². The van der Waals surface area contributed by atoms with E-state index in [9.17, 15) is 4.79 Å². The molecule has 2 N–H and O–H groups in total. The maximum absolute atomic E-state index is 11.9. The summed E-state index contributed by atoms with van der Waals surface area (Å²) in [4.78, 5) is 16.2. The number of rotatable bonds is 6. The minimum Gasteiger partial charge on any atom is -0.396 e. The molecule has 0 saturated heterocycles. The third kappa shape index (κ3) is 4.13. The summed E-state index contributed by atoms with van der Waals surface area (Å²) in [6.07, 6.45) is 6.41. The predicted octanol–water partition coefficient (Wildman–Crippen LogP) is 2.53. The molecule has 2 rings (SSSR count). The summed E-state index contributed by atoms with van der Waals surface area (Å²) in [5.41, 5.74) is 1.80. The number of aromatic nitrogens is 1. The van der Waals surface area contributed by atoms with Gasteiger partial charge in [-0.2, -0.15) is 0 Å². The van der Waals surface area contributed by atoms with Crippen molar-refractivity contribution in [2.45, 2.75) is 25.8 Å². The van der Waals surface area contributed by atoms with Crippen molar-refractivity contribution < 1.29 is 9.90 Å². The van der Waals surface area contributed by atoms with Crippen LogP contribution in [0.25, 0.3) is 17.0 Å². The first-order valence-corrected chi connectivity index (χ1v) is 7.17. The highest BCUT2D eigenvalue weighted by Crippen LogP contribution is 2.16. The maximum atomic E-state index is 11.9. The molecule has 1 aromatic carbocycles. The van der Waals surface area contributed by atoms with E-state index in [1.54, 1.807) is 12.3 Å². The average molecular weight is 284 g/mol. The van der Waals surface area contributed by atoms with E-state index >= 15 is 0 Å². The number of amides is 1. The van der Waals surface area contributed by atoms with Crippen LogP contribution >= 0.6 is 0 Å². The van der Waals surface area contributed by atoms with Crippen LogP contribution in [0, 0.1) is 0 Å². The van der Waals surface area contributed by atoms with E-state index in [4.69, 9.17) is 5.11 Å². The molecule has 0 aliphatic rings. The Kier molecular flexibility index (Phi) is 5.46. The highest BCUT2D eigenvalue weighted by atomic mass is 16.3. The topological polar surface area (TPSA) is 62.2 Å². The number of aliphatic hydroxyl groups excluding tert-OH is 1. The van der Waals surface area contributed by atoms with E-state index in [2.05, 4.69) is 10.3 Å². The first-order chi connectivity index (χ1) is 10.2. The van der Waals surface area contributed by atoms with Gasteiger partial charge in [-0.15, -0.1) is 0 Å². The fourth-order valence-corrected chi connectivity index (χ4v) is 2.21. The lowest BCUT2D eigenvalue weighted by atomic mass is 10.1. The van der Waals surface area contributed by atoms with Crippen molar-refractivity contribution in [3.8, 4) is 0 Å². The van der Waals surface area contributed by atoms with Crippen molar-refractivity contribution >= 4 is 22.9 Å². The fraction of sp³-hybridized carbons (Fsp3) is 0.294. The summed E-state index contributed by atoms with van der Waals surface area (Å²) in [6.45, 7) is 2.06. The molecule has 2 aromatic rings. The smallest absolute Gasteiger partial charge is 0.244 e. The normalized spacial score (nSPS) is 12.7. The summed E-state index contributed by atoms with van der Waals surface area (Å²) in [7, 11) is 0. The number of hydrogen-bond acceptors (Lipinski definition) is 3. The second kappa shape index (κ2) is 7.55. The summed E-state index contributed by atoms with van der Waals surface area (Å²) in [5.74, 6) is -0.150. The Morgan fingerprint density at radius 3 is 2.95 bits per heavy atom. The molecule has 0 aliphatic heterocycles. The molecule has 110 valence electrons. The zero-order valence-electron chi connectivity index (χ0n) is 12.1. The molecule has 0 saturated carbocycles. The van der Waals surface area contributed by atoms with Crippen molar-refractivity contribution in [3.05, 3.63) is 48.2 Å². The number of pyridine rings is 1. The lowest BCUT2D eigenvalue weighted by molar-refractivity contribution is -0.117. The van der Waals surface area contributed by atoms with Gasteiger partial charge in [-0.1, -0.05) is 31.2 Å². The number of carbonyl (C=O) groups is 1. The third-order valence-electron chi connectivity index (χ3n) is 3.39. The van der Waals surface area contributed by atoms with Crippen molar-refractivity contribution in [2.24, 2.45) is 0 Å². The molecule has 0 fully saturated rings. The monoisotopic (exact) mass is 284 g/mol. The molecule has 4 heteroatoms. The van der Waals surface area contributed by atoms with Crippen molar-refractivity contribution in [1.82, 2.24) is 10.3 Å². The van der Waals surface area contributed by atoms with Gasteiger partial charge in [0.15, 0.2) is 0 Å². The number of aliphatic hydroxyl groups is 1. The first kappa shape index (κ1) is 15.2. The molecule has 1 aromatic heterocycles. The van der Waals surface area contributed by atoms with Crippen LogP contribution in [0.3, 0.4) is 0 Å². The van der Waals surface area contributed by atoms with Gasteiger partial charge in [0.1, 0.15) is 0 Å². The van der Waals surface area contributed by atoms with Gasteiger partial charge in [-0.25, -0.2) is 0 Å². The molecule has 0 spiro atoms. The standard InChI is InChI=1S/C17H20N2O2/c1-2-15(10-12-20)19-16(21)9-8-14-6-3-5-13-7-4-11-18-17(13)14/h3-9,11,15,20H,2,10,12H2,1H3,(H,19,21)/b9-8+. The van der Waals surface area contributed by atoms with Crippen LogP contribution in [0.15, 0.2) is 42.6 Å². The third-order valence-corrected chi connectivity index (χ3v) is 3.39. The predicted molar refractivity (Wildman–Crippen MR) is 84.7 cm³/mol. The molecular formula is C17H20N2O2. The van der Waals surface area contributed by atoms with Gasteiger partial charge in [-0.05, 0) is 25.0 Å². The van der Waals surface area contributed by atoms with E-state index in [1.165, 1.54) is 6.08 Å². The molecule has 0 bridgehead atoms. The van der Waals surface area contributed by atoms with Crippen molar-refractivity contribution in [1.29, 1.82) is 0 Å². The van der Waals surface area contributed by atoms with E-state index in [1.807, 2.05) is 37.3 Å². The van der Waals surface area contributed by atoms with E-state index in [0.717, 1.165) is 22.9 Å². The molecule has 1 heterocycles. The molecule has 0 radical (unpaired) electrons. The second-order valence-electron chi connectivity index (χ2n) is 4.88. The van der Waals surface area contributed by atoms with Crippen molar-refractivity contribution in [3.63, 3.8) is 0 Å². The Hall–Kier alpha value is -2.20. The zero-order valence-corrected chi connectivity index (χ0v) is 12.1. The lowest BCUT2D eigenvalue weighted by Crippen LogP contribution is -2.33. The highest BCUT2D eigenvalue weighted by molar-refractivity contribution is 5.95. The Balaban J connectivity index is 2.10. The SMILES string of the molecule is CCC(CCO)NC(=O)/C=C/c1cccc2cccnc12. The Morgan fingerprint density at radius 1 is 1.38 bits per heavy atom. The summed E-state index contributed by atoms with van der Waals surface area (Å²) in [5, 5.41) is 12.9. The Labute approximate surface area is 124 Å². The Morgan fingerprint density at radius 2 is 2.19 bits per heavy atom. The largest absolute Gasteiger partial charge is 0.396 e. The minimum atomic E-state index is -0.150. The quantitative estimate of drug-likeness (QED) is 0.801. The molecule has 4 nitrogen and oxygen atoms in total. The van der Waals surface area contributed by atoms with Gasteiger partial charge in [0.25, 0.3) is 0 Å². The van der Waals surface area contributed by atoms with E-state index < -0.39 is 0 Å². The molecular weight excluding hydrogens is 264 g/mol. The van der Waals surface area contributed by atoms with Crippen LogP contribution in [0.4, 0.5) is 0 Å². The number of nitrogens with zero attached hydrogens (tertiary/aromatic N) is 1. The number of nitrogens with one attached hydrogen (secondary N) is 1. The van der Waals surface area contributed by atoms with Crippen LogP contribution in [0.1, 0.15) is 25.3 Å². The van der Waals surface area contributed by atoms with E-state index in [0.29, 0.717) is 6.42 Å².